The molecule has 0 radical (unpaired) electrons. The van der Waals surface area contributed by atoms with Crippen molar-refractivity contribution in [3.8, 4) is 0 Å². The molecule has 0 atom stereocenters. The maximum Gasteiger partial charge on any atom is 0.416 e. The van der Waals surface area contributed by atoms with Crippen LogP contribution in [-0.4, -0.2) is 14.9 Å². The number of nitro groups is 1. The van der Waals surface area contributed by atoms with Gasteiger partial charge in [0.1, 0.15) is 16.8 Å². The zero-order valence-electron chi connectivity index (χ0n) is 10.1. The monoisotopic (exact) mass is 318 g/mol. The van der Waals surface area contributed by atoms with Gasteiger partial charge in [-0.25, -0.2) is 9.97 Å². The molecule has 110 valence electrons. The lowest BCUT2D eigenvalue weighted by atomic mass is 10.2. The Morgan fingerprint density at radius 3 is 2.57 bits per heavy atom. The van der Waals surface area contributed by atoms with Crippen molar-refractivity contribution < 1.29 is 18.1 Å². The van der Waals surface area contributed by atoms with Gasteiger partial charge in [0.05, 0.1) is 22.6 Å². The van der Waals surface area contributed by atoms with Crippen LogP contribution in [0.4, 0.5) is 30.5 Å². The third-order valence-corrected chi connectivity index (χ3v) is 2.53. The Bertz CT molecular complexity index is 693. The Morgan fingerprint density at radius 2 is 1.95 bits per heavy atom. The lowest BCUT2D eigenvalue weighted by molar-refractivity contribution is -0.384. The summed E-state index contributed by atoms with van der Waals surface area (Å²) in [5.41, 5.74) is -1.25. The van der Waals surface area contributed by atoms with Crippen LogP contribution >= 0.6 is 11.6 Å². The van der Waals surface area contributed by atoms with Crippen LogP contribution in [0.2, 0.25) is 5.15 Å². The van der Waals surface area contributed by atoms with Gasteiger partial charge in [0.15, 0.2) is 0 Å². The molecule has 1 N–H and O–H groups in total. The molecule has 0 bridgehead atoms. The van der Waals surface area contributed by atoms with Crippen molar-refractivity contribution >= 4 is 28.9 Å². The van der Waals surface area contributed by atoms with Crippen LogP contribution in [0.25, 0.3) is 0 Å². The zero-order chi connectivity index (χ0) is 15.6. The summed E-state index contributed by atoms with van der Waals surface area (Å²) in [6.07, 6.45) is -3.56. The van der Waals surface area contributed by atoms with Crippen LogP contribution < -0.4 is 5.32 Å². The highest BCUT2D eigenvalue weighted by molar-refractivity contribution is 6.29. The van der Waals surface area contributed by atoms with Crippen LogP contribution in [0.3, 0.4) is 0 Å². The molecule has 2 aromatic heterocycles. The molecular weight excluding hydrogens is 313 g/mol. The van der Waals surface area contributed by atoms with Gasteiger partial charge in [-0.1, -0.05) is 11.6 Å². The molecule has 6 nitrogen and oxygen atoms in total. The topological polar surface area (TPSA) is 81.0 Å². The highest BCUT2D eigenvalue weighted by Crippen LogP contribution is 2.30. The van der Waals surface area contributed by atoms with Gasteiger partial charge in [0, 0.05) is 6.20 Å². The van der Waals surface area contributed by atoms with Crippen LogP contribution in [0.1, 0.15) is 5.56 Å². The number of nitrogens with zero attached hydrogens (tertiary/aromatic N) is 3. The summed E-state index contributed by atoms with van der Waals surface area (Å²) in [4.78, 5) is 17.4. The number of aromatic nitrogens is 2. The van der Waals surface area contributed by atoms with Gasteiger partial charge in [0.25, 0.3) is 5.69 Å². The summed E-state index contributed by atoms with van der Waals surface area (Å²) in [6.45, 7) is 0. The molecule has 10 heteroatoms. The van der Waals surface area contributed by atoms with E-state index in [2.05, 4.69) is 15.3 Å². The molecule has 0 fully saturated rings. The van der Waals surface area contributed by atoms with E-state index in [4.69, 9.17) is 11.6 Å². The SMILES string of the molecule is O=[N+]([O-])c1cc(Cl)nc(Nc2cc(C(F)(F)F)ccn2)c1. The second-order valence-corrected chi connectivity index (χ2v) is 4.23. The molecule has 0 aliphatic heterocycles. The van der Waals surface area contributed by atoms with Crippen LogP contribution in [0.15, 0.2) is 30.5 Å². The molecular formula is C11H6ClF3N4O2. The van der Waals surface area contributed by atoms with Gasteiger partial charge in [-0.3, -0.25) is 10.1 Å². The molecule has 0 unspecified atom stereocenters. The van der Waals surface area contributed by atoms with E-state index in [0.29, 0.717) is 0 Å². The fraction of sp³-hybridized carbons (Fsp3) is 0.0909. The Labute approximate surface area is 120 Å². The van der Waals surface area contributed by atoms with E-state index in [9.17, 15) is 23.3 Å². The van der Waals surface area contributed by atoms with Crippen molar-refractivity contribution in [3.63, 3.8) is 0 Å². The van der Waals surface area contributed by atoms with E-state index in [0.717, 1.165) is 30.5 Å². The van der Waals surface area contributed by atoms with Gasteiger partial charge in [-0.15, -0.1) is 0 Å². The predicted octanol–water partition coefficient (Wildman–Crippen LogP) is 3.80. The number of hydrogen-bond donors (Lipinski definition) is 1. The van der Waals surface area contributed by atoms with Gasteiger partial charge >= 0.3 is 6.18 Å². The van der Waals surface area contributed by atoms with E-state index in [1.54, 1.807) is 0 Å². The number of hydrogen-bond acceptors (Lipinski definition) is 5. The average molecular weight is 319 g/mol. The molecule has 21 heavy (non-hydrogen) atoms. The molecule has 0 aromatic carbocycles. The normalized spacial score (nSPS) is 11.2. The van der Waals surface area contributed by atoms with Crippen LogP contribution in [-0.2, 0) is 6.18 Å². The highest BCUT2D eigenvalue weighted by Gasteiger charge is 2.30. The lowest BCUT2D eigenvalue weighted by Gasteiger charge is -2.09. The minimum absolute atomic E-state index is 0.0824. The van der Waals surface area contributed by atoms with E-state index in [-0.39, 0.29) is 22.5 Å². The van der Waals surface area contributed by atoms with Crippen molar-refractivity contribution in [1.29, 1.82) is 0 Å². The molecule has 0 aliphatic rings. The first kappa shape index (κ1) is 15.0. The largest absolute Gasteiger partial charge is 0.416 e. The molecule has 0 amide bonds. The smallest absolute Gasteiger partial charge is 0.325 e. The van der Waals surface area contributed by atoms with E-state index >= 15 is 0 Å². The van der Waals surface area contributed by atoms with Gasteiger partial charge < -0.3 is 5.32 Å². The Kier molecular flexibility index (Phi) is 3.94. The minimum Gasteiger partial charge on any atom is -0.325 e. The standard InChI is InChI=1S/C11H6ClF3N4O2/c12-8-4-7(19(20)21)5-10(17-8)18-9-3-6(1-2-16-9)11(13,14)15/h1-5H,(H,16,17,18). The summed E-state index contributed by atoms with van der Waals surface area (Å²) >= 11 is 5.61. The van der Waals surface area contributed by atoms with E-state index < -0.39 is 16.7 Å². The number of anilines is 2. The molecule has 0 saturated heterocycles. The van der Waals surface area contributed by atoms with Crippen molar-refractivity contribution in [2.45, 2.75) is 6.18 Å². The first-order valence-electron chi connectivity index (χ1n) is 5.38. The van der Waals surface area contributed by atoms with E-state index in [1.165, 1.54) is 0 Å². The van der Waals surface area contributed by atoms with Crippen LogP contribution in [0, 0.1) is 10.1 Å². The first-order valence-corrected chi connectivity index (χ1v) is 5.76. The van der Waals surface area contributed by atoms with Crippen molar-refractivity contribution in [3.05, 3.63) is 51.3 Å². The van der Waals surface area contributed by atoms with E-state index in [1.807, 2.05) is 0 Å². The lowest BCUT2D eigenvalue weighted by Crippen LogP contribution is -2.06. The number of pyridine rings is 2. The van der Waals surface area contributed by atoms with Crippen LogP contribution in [0.5, 0.6) is 0 Å². The minimum atomic E-state index is -4.52. The third-order valence-electron chi connectivity index (χ3n) is 2.33. The highest BCUT2D eigenvalue weighted by atomic mass is 35.5. The number of nitrogens with one attached hydrogen (secondary N) is 1. The third kappa shape index (κ3) is 3.78. The molecule has 2 heterocycles. The average Bonchev–Trinajstić information content (AvgIpc) is 2.37. The fourth-order valence-electron chi connectivity index (χ4n) is 1.46. The maximum absolute atomic E-state index is 12.6. The van der Waals surface area contributed by atoms with Gasteiger partial charge in [0.2, 0.25) is 0 Å². The Balaban J connectivity index is 2.32. The Morgan fingerprint density at radius 1 is 1.24 bits per heavy atom. The second kappa shape index (κ2) is 5.52. The van der Waals surface area contributed by atoms with Gasteiger partial charge in [-0.05, 0) is 12.1 Å². The summed E-state index contributed by atoms with van der Waals surface area (Å²) in [5, 5.41) is 12.9. The summed E-state index contributed by atoms with van der Waals surface area (Å²) in [5.74, 6) is -0.241. The maximum atomic E-state index is 12.6. The van der Waals surface area contributed by atoms with Gasteiger partial charge in [-0.2, -0.15) is 13.2 Å². The predicted molar refractivity (Wildman–Crippen MR) is 68.4 cm³/mol. The molecule has 2 aromatic rings. The molecule has 0 saturated carbocycles. The Hall–Kier alpha value is -2.42. The van der Waals surface area contributed by atoms with Crippen molar-refractivity contribution in [1.82, 2.24) is 9.97 Å². The number of alkyl halides is 3. The first-order chi connectivity index (χ1) is 9.75. The summed E-state index contributed by atoms with van der Waals surface area (Å²) in [6, 6.07) is 3.62. The molecule has 0 aliphatic carbocycles. The molecule has 2 rings (SSSR count). The van der Waals surface area contributed by atoms with Crippen molar-refractivity contribution in [2.24, 2.45) is 0 Å². The summed E-state index contributed by atoms with van der Waals surface area (Å²) < 4.78 is 37.7. The fourth-order valence-corrected chi connectivity index (χ4v) is 1.66. The summed E-state index contributed by atoms with van der Waals surface area (Å²) in [7, 11) is 0. The second-order valence-electron chi connectivity index (χ2n) is 3.84. The van der Waals surface area contributed by atoms with Crippen molar-refractivity contribution in [2.75, 3.05) is 5.32 Å². The number of rotatable bonds is 3. The zero-order valence-corrected chi connectivity index (χ0v) is 10.8. The molecule has 0 spiro atoms. The quantitative estimate of drug-likeness (QED) is 0.529. The number of halogens is 4.